The molecule has 0 bridgehead atoms. The van der Waals surface area contributed by atoms with Crippen molar-refractivity contribution in [3.8, 4) is 11.5 Å². The first-order chi connectivity index (χ1) is 10.0. The van der Waals surface area contributed by atoms with Gasteiger partial charge in [0.2, 0.25) is 0 Å². The SMILES string of the molecule is COc1cccc(C(=O)Nc2ccccc2C(C)=O)c1O. The van der Waals surface area contributed by atoms with Crippen LogP contribution < -0.4 is 10.1 Å². The molecule has 0 saturated carbocycles. The van der Waals surface area contributed by atoms with Crippen LogP contribution in [-0.4, -0.2) is 23.9 Å². The number of benzene rings is 2. The minimum absolute atomic E-state index is 0.0766. The molecule has 2 N–H and O–H groups in total. The third kappa shape index (κ3) is 3.02. The van der Waals surface area contributed by atoms with E-state index in [1.165, 1.54) is 20.1 Å². The van der Waals surface area contributed by atoms with Crippen LogP contribution in [0.3, 0.4) is 0 Å². The van der Waals surface area contributed by atoms with Crippen molar-refractivity contribution in [1.29, 1.82) is 0 Å². The molecular formula is C16H15NO4. The molecule has 0 aliphatic rings. The highest BCUT2D eigenvalue weighted by Crippen LogP contribution is 2.30. The van der Waals surface area contributed by atoms with Gasteiger partial charge in [0.05, 0.1) is 18.4 Å². The molecule has 21 heavy (non-hydrogen) atoms. The Morgan fingerprint density at radius 3 is 2.38 bits per heavy atom. The van der Waals surface area contributed by atoms with Gasteiger partial charge in [-0.1, -0.05) is 18.2 Å². The van der Waals surface area contributed by atoms with Gasteiger partial charge in [-0.3, -0.25) is 9.59 Å². The van der Waals surface area contributed by atoms with E-state index in [0.29, 0.717) is 11.3 Å². The molecule has 2 aromatic rings. The minimum Gasteiger partial charge on any atom is -0.504 e. The molecule has 0 atom stereocenters. The summed E-state index contributed by atoms with van der Waals surface area (Å²) in [6.07, 6.45) is 0. The number of aromatic hydroxyl groups is 1. The van der Waals surface area contributed by atoms with E-state index in [0.717, 1.165) is 0 Å². The van der Waals surface area contributed by atoms with E-state index < -0.39 is 5.91 Å². The Labute approximate surface area is 122 Å². The van der Waals surface area contributed by atoms with Crippen molar-refractivity contribution in [2.45, 2.75) is 6.92 Å². The van der Waals surface area contributed by atoms with E-state index in [1.54, 1.807) is 36.4 Å². The predicted molar refractivity (Wildman–Crippen MR) is 79.1 cm³/mol. The molecule has 0 spiro atoms. The second kappa shape index (κ2) is 6.09. The lowest BCUT2D eigenvalue weighted by Gasteiger charge is -2.11. The topological polar surface area (TPSA) is 75.6 Å². The third-order valence-corrected chi connectivity index (χ3v) is 3.02. The lowest BCUT2D eigenvalue weighted by atomic mass is 10.1. The summed E-state index contributed by atoms with van der Waals surface area (Å²) < 4.78 is 4.96. The van der Waals surface area contributed by atoms with Gasteiger partial charge < -0.3 is 15.2 Å². The maximum absolute atomic E-state index is 12.2. The predicted octanol–water partition coefficient (Wildman–Crippen LogP) is 2.86. The lowest BCUT2D eigenvalue weighted by molar-refractivity contribution is 0.101. The average Bonchev–Trinajstić information content (AvgIpc) is 2.47. The largest absolute Gasteiger partial charge is 0.504 e. The smallest absolute Gasteiger partial charge is 0.259 e. The number of Topliss-reactive ketones (excluding diaryl/α,β-unsaturated/α-hetero) is 1. The molecule has 0 unspecified atom stereocenters. The number of phenolic OH excluding ortho intramolecular Hbond substituents is 1. The number of rotatable bonds is 4. The molecule has 0 aromatic heterocycles. The van der Waals surface area contributed by atoms with E-state index in [9.17, 15) is 14.7 Å². The highest BCUT2D eigenvalue weighted by molar-refractivity contribution is 6.10. The molecule has 1 amide bonds. The van der Waals surface area contributed by atoms with Crippen LogP contribution in [0.15, 0.2) is 42.5 Å². The van der Waals surface area contributed by atoms with Crippen LogP contribution in [-0.2, 0) is 0 Å². The molecule has 0 saturated heterocycles. The van der Waals surface area contributed by atoms with Crippen molar-refractivity contribution in [2.24, 2.45) is 0 Å². The number of nitrogens with one attached hydrogen (secondary N) is 1. The van der Waals surface area contributed by atoms with Crippen molar-refractivity contribution in [3.63, 3.8) is 0 Å². The summed E-state index contributed by atoms with van der Waals surface area (Å²) >= 11 is 0. The number of carbonyl (C=O) groups excluding carboxylic acids is 2. The summed E-state index contributed by atoms with van der Waals surface area (Å²) in [5.74, 6) is -0.693. The summed E-state index contributed by atoms with van der Waals surface area (Å²) in [5.41, 5.74) is 0.887. The Balaban J connectivity index is 2.33. The van der Waals surface area contributed by atoms with Gasteiger partial charge in [-0.25, -0.2) is 0 Å². The quantitative estimate of drug-likeness (QED) is 0.847. The molecule has 0 heterocycles. The number of amides is 1. The van der Waals surface area contributed by atoms with E-state index in [2.05, 4.69) is 5.32 Å². The van der Waals surface area contributed by atoms with Crippen LogP contribution in [0.4, 0.5) is 5.69 Å². The molecule has 0 aliphatic carbocycles. The van der Waals surface area contributed by atoms with Gasteiger partial charge in [0.1, 0.15) is 0 Å². The van der Waals surface area contributed by atoms with Crippen molar-refractivity contribution < 1.29 is 19.4 Å². The van der Waals surface area contributed by atoms with Gasteiger partial charge in [0.15, 0.2) is 17.3 Å². The summed E-state index contributed by atoms with van der Waals surface area (Å²) in [4.78, 5) is 23.8. The number of carbonyl (C=O) groups is 2. The number of methoxy groups -OCH3 is 1. The molecule has 5 nitrogen and oxygen atoms in total. The van der Waals surface area contributed by atoms with Gasteiger partial charge in [0.25, 0.3) is 5.91 Å². The number of hydrogen-bond donors (Lipinski definition) is 2. The standard InChI is InChI=1S/C16H15NO4/c1-10(18)11-6-3-4-8-13(11)17-16(20)12-7-5-9-14(21-2)15(12)19/h3-9,19H,1-2H3,(H,17,20). The Morgan fingerprint density at radius 2 is 1.71 bits per heavy atom. The Morgan fingerprint density at radius 1 is 1.05 bits per heavy atom. The Bertz CT molecular complexity index is 694. The normalized spacial score (nSPS) is 10.0. The van der Waals surface area contributed by atoms with Crippen LogP contribution in [0.5, 0.6) is 11.5 Å². The number of anilines is 1. The first kappa shape index (κ1) is 14.6. The summed E-state index contributed by atoms with van der Waals surface area (Å²) in [6.45, 7) is 1.42. The molecule has 0 aliphatic heterocycles. The van der Waals surface area contributed by atoms with Crippen molar-refractivity contribution >= 4 is 17.4 Å². The van der Waals surface area contributed by atoms with E-state index in [1.807, 2.05) is 0 Å². The van der Waals surface area contributed by atoms with Gasteiger partial charge in [0, 0.05) is 5.56 Å². The zero-order chi connectivity index (χ0) is 15.4. The van der Waals surface area contributed by atoms with Gasteiger partial charge in [-0.05, 0) is 31.2 Å². The number of hydrogen-bond acceptors (Lipinski definition) is 4. The molecule has 2 aromatic carbocycles. The van der Waals surface area contributed by atoms with Crippen LogP contribution >= 0.6 is 0 Å². The number of ether oxygens (including phenoxy) is 1. The number of para-hydroxylation sites is 2. The van der Waals surface area contributed by atoms with Crippen molar-refractivity contribution in [1.82, 2.24) is 0 Å². The summed E-state index contributed by atoms with van der Waals surface area (Å²) in [5, 5.41) is 12.6. The van der Waals surface area contributed by atoms with Gasteiger partial charge >= 0.3 is 0 Å². The highest BCUT2D eigenvalue weighted by atomic mass is 16.5. The zero-order valence-corrected chi connectivity index (χ0v) is 11.7. The first-order valence-corrected chi connectivity index (χ1v) is 6.32. The van der Waals surface area contributed by atoms with Gasteiger partial charge in [-0.15, -0.1) is 0 Å². The maximum atomic E-state index is 12.2. The van der Waals surface area contributed by atoms with Crippen LogP contribution in [0.25, 0.3) is 0 Å². The Hall–Kier alpha value is -2.82. The molecule has 108 valence electrons. The van der Waals surface area contributed by atoms with E-state index in [4.69, 9.17) is 4.74 Å². The third-order valence-electron chi connectivity index (χ3n) is 3.02. The zero-order valence-electron chi connectivity index (χ0n) is 11.7. The molecular weight excluding hydrogens is 270 g/mol. The first-order valence-electron chi connectivity index (χ1n) is 6.32. The minimum atomic E-state index is -0.514. The second-order valence-electron chi connectivity index (χ2n) is 4.41. The Kier molecular flexibility index (Phi) is 4.23. The highest BCUT2D eigenvalue weighted by Gasteiger charge is 2.16. The molecule has 2 rings (SSSR count). The summed E-state index contributed by atoms with van der Waals surface area (Å²) in [6, 6.07) is 11.3. The number of phenols is 1. The van der Waals surface area contributed by atoms with Crippen molar-refractivity contribution in [2.75, 3.05) is 12.4 Å². The van der Waals surface area contributed by atoms with Crippen LogP contribution in [0.2, 0.25) is 0 Å². The molecule has 5 heteroatoms. The molecule has 0 radical (unpaired) electrons. The number of ketones is 1. The fourth-order valence-electron chi connectivity index (χ4n) is 1.96. The van der Waals surface area contributed by atoms with E-state index >= 15 is 0 Å². The van der Waals surface area contributed by atoms with Gasteiger partial charge in [-0.2, -0.15) is 0 Å². The molecule has 0 fully saturated rings. The fraction of sp³-hybridized carbons (Fsp3) is 0.125. The van der Waals surface area contributed by atoms with Crippen molar-refractivity contribution in [3.05, 3.63) is 53.6 Å². The lowest BCUT2D eigenvalue weighted by Crippen LogP contribution is -2.14. The average molecular weight is 285 g/mol. The monoisotopic (exact) mass is 285 g/mol. The fourth-order valence-corrected chi connectivity index (χ4v) is 1.96. The summed E-state index contributed by atoms with van der Waals surface area (Å²) in [7, 11) is 1.40. The second-order valence-corrected chi connectivity index (χ2v) is 4.41. The van der Waals surface area contributed by atoms with Crippen LogP contribution in [0, 0.1) is 0 Å². The maximum Gasteiger partial charge on any atom is 0.259 e. The van der Waals surface area contributed by atoms with E-state index in [-0.39, 0.29) is 22.8 Å². The van der Waals surface area contributed by atoms with Crippen LogP contribution in [0.1, 0.15) is 27.6 Å².